The fourth-order valence-corrected chi connectivity index (χ4v) is 13.0. The van der Waals surface area contributed by atoms with Crippen LogP contribution in [0.4, 0.5) is 11.4 Å². The van der Waals surface area contributed by atoms with Crippen molar-refractivity contribution in [3.8, 4) is 5.75 Å². The van der Waals surface area contributed by atoms with Crippen LogP contribution in [0.5, 0.6) is 5.75 Å². The minimum absolute atomic E-state index is 0.0407. The van der Waals surface area contributed by atoms with Crippen molar-refractivity contribution in [2.24, 2.45) is 5.41 Å². The van der Waals surface area contributed by atoms with Crippen molar-refractivity contribution in [3.05, 3.63) is 95.3 Å². The van der Waals surface area contributed by atoms with Crippen LogP contribution < -0.4 is 9.64 Å². The summed E-state index contributed by atoms with van der Waals surface area (Å²) < 4.78 is 169. The van der Waals surface area contributed by atoms with E-state index in [1.165, 1.54) is 18.2 Å². The predicted molar refractivity (Wildman–Crippen MR) is 361 cm³/mol. The van der Waals surface area contributed by atoms with Crippen molar-refractivity contribution in [1.29, 1.82) is 0 Å². The van der Waals surface area contributed by atoms with Gasteiger partial charge in [0.05, 0.1) is 133 Å². The Morgan fingerprint density at radius 1 is 0.649 bits per heavy atom. The molecule has 0 radical (unpaired) electrons. The Bertz CT molecular complexity index is 3460. The highest BCUT2D eigenvalue weighted by atomic mass is 32.2. The molecule has 4 aliphatic heterocycles. The number of fused-ring (bicyclic) bond motifs is 3. The number of methoxy groups -OCH3 is 2. The highest BCUT2D eigenvalue weighted by molar-refractivity contribution is 7.86. The molecule has 1 atom stereocenters. The summed E-state index contributed by atoms with van der Waals surface area (Å²) in [7, 11) is -10.2. The maximum atomic E-state index is 13.1. The van der Waals surface area contributed by atoms with Crippen LogP contribution in [0, 0.1) is 5.41 Å². The lowest BCUT2D eigenvalue weighted by molar-refractivity contribution is -0.437. The number of nitrogens with zero attached hydrogens (tertiary/aromatic N) is 3. The topological polar surface area (TPSA) is 335 Å². The number of benzene rings is 2. The summed E-state index contributed by atoms with van der Waals surface area (Å²) in [5, 5.41) is 0.458. The van der Waals surface area contributed by atoms with Crippen molar-refractivity contribution in [1.82, 2.24) is 5.06 Å². The van der Waals surface area contributed by atoms with Crippen LogP contribution in [0.25, 0.3) is 11.1 Å². The van der Waals surface area contributed by atoms with Gasteiger partial charge in [-0.1, -0.05) is 51.2 Å². The maximum absolute atomic E-state index is 13.1. The van der Waals surface area contributed by atoms with Gasteiger partial charge in [0.1, 0.15) is 18.1 Å². The standard InChI is InChI=1S/C67H97N3O24S3/c1-51-50-67(22-26-85-32-34-89-40-42-91-38-36-87-30-28-83-6,23-27-86-33-35-90-41-43-92-39-37-88-31-29-84-7)69(25-13-45-96(77,78)79)58-49-59-55(48-54(51)58)52(46-61(93-59)65(2,3)4)14-9-8-10-15-60-66(5,21-11-16-64(73)94-70-62(71)19-20-63(70)72)56-47-53(97(80,81)82)17-18-57(56)68(60)24-12-44-95(74,75)76/h8-10,14-15,17-18,46-50H,11-13,16,19-45H2,1-7H3,(H2-,74,75,76,77,78,79,80,81,82)/p+1. The summed E-state index contributed by atoms with van der Waals surface area (Å²) in [5.41, 5.74) is 3.12. The maximum Gasteiger partial charge on any atom is 0.333 e. The molecular formula is C67H98N3O24S3+. The molecule has 0 spiro atoms. The van der Waals surface area contributed by atoms with Gasteiger partial charge in [-0.05, 0) is 81.4 Å². The number of rotatable bonds is 47. The summed E-state index contributed by atoms with van der Waals surface area (Å²) in [6, 6.07) is 8.05. The lowest BCUT2D eigenvalue weighted by atomic mass is 9.75. The van der Waals surface area contributed by atoms with Crippen LogP contribution in [-0.2, 0) is 102 Å². The summed E-state index contributed by atoms with van der Waals surface area (Å²) >= 11 is 0. The number of allylic oxidation sites excluding steroid dienone is 9. The number of amides is 2. The first-order chi connectivity index (χ1) is 46.1. The van der Waals surface area contributed by atoms with Crippen molar-refractivity contribution in [2.45, 2.75) is 108 Å². The summed E-state index contributed by atoms with van der Waals surface area (Å²) in [6.45, 7) is 17.1. The molecule has 1 fully saturated rings. The van der Waals surface area contributed by atoms with Gasteiger partial charge in [-0.15, -0.1) is 5.06 Å². The molecule has 0 aromatic heterocycles. The van der Waals surface area contributed by atoms with E-state index in [1.807, 2.05) is 65.0 Å². The van der Waals surface area contributed by atoms with Crippen LogP contribution in [-0.4, -0.2) is 235 Å². The fraction of sp³-hybridized carbons (Fsp3) is 0.612. The van der Waals surface area contributed by atoms with Crippen LogP contribution in [0.15, 0.2) is 83.5 Å². The van der Waals surface area contributed by atoms with Gasteiger partial charge in [0.15, 0.2) is 5.71 Å². The average Bonchev–Trinajstić information content (AvgIpc) is 1.73. The first-order valence-corrected chi connectivity index (χ1v) is 37.2. The molecule has 0 bridgehead atoms. The van der Waals surface area contributed by atoms with E-state index < -0.39 is 80.9 Å². The van der Waals surface area contributed by atoms with Gasteiger partial charge in [-0.3, -0.25) is 23.2 Å². The van der Waals surface area contributed by atoms with Gasteiger partial charge >= 0.3 is 5.97 Å². The first-order valence-electron chi connectivity index (χ1n) is 32.6. The second-order valence-corrected chi connectivity index (χ2v) is 29.3. The fourth-order valence-electron chi connectivity index (χ4n) is 11.5. The first kappa shape index (κ1) is 80.3. The molecule has 0 aliphatic carbocycles. The quantitative estimate of drug-likeness (QED) is 0.0192. The van der Waals surface area contributed by atoms with Gasteiger partial charge in [-0.2, -0.15) is 29.8 Å². The lowest BCUT2D eigenvalue weighted by Crippen LogP contribution is -2.52. The molecule has 30 heteroatoms. The molecule has 27 nitrogen and oxygen atoms in total. The predicted octanol–water partition coefficient (Wildman–Crippen LogP) is 7.31. The monoisotopic (exact) mass is 1420 g/mol. The molecule has 97 heavy (non-hydrogen) atoms. The molecule has 6 rings (SSSR count). The molecule has 2 aromatic carbocycles. The molecule has 4 aliphatic rings. The minimum Gasteiger partial charge on any atom is -0.460 e. The van der Waals surface area contributed by atoms with Crippen molar-refractivity contribution in [2.75, 3.05) is 163 Å². The minimum atomic E-state index is -4.72. The number of ether oxygens (including phenoxy) is 11. The van der Waals surface area contributed by atoms with Crippen molar-refractivity contribution >= 4 is 76.4 Å². The Kier molecular flexibility index (Phi) is 32.1. The Labute approximate surface area is 570 Å². The molecule has 2 amide bonds. The zero-order chi connectivity index (χ0) is 70.7. The number of imide groups is 1. The lowest BCUT2D eigenvalue weighted by Gasteiger charge is -2.48. The summed E-state index contributed by atoms with van der Waals surface area (Å²) in [4.78, 5) is 44.4. The third kappa shape index (κ3) is 25.5. The number of carbonyl (C=O) groups is 3. The van der Waals surface area contributed by atoms with Crippen molar-refractivity contribution < 1.29 is 115 Å². The van der Waals surface area contributed by atoms with Gasteiger partial charge in [-0.25, -0.2) is 4.79 Å². The van der Waals surface area contributed by atoms with E-state index in [0.717, 1.165) is 28.0 Å². The molecule has 4 heterocycles. The van der Waals surface area contributed by atoms with Gasteiger partial charge in [0.2, 0.25) is 5.69 Å². The normalized spacial score (nSPS) is 17.8. The highest BCUT2D eigenvalue weighted by Crippen LogP contribution is 2.50. The van der Waals surface area contributed by atoms with Crippen LogP contribution in [0.2, 0.25) is 0 Å². The van der Waals surface area contributed by atoms with E-state index in [2.05, 4.69) is 11.0 Å². The smallest absolute Gasteiger partial charge is 0.333 e. The molecule has 0 saturated carbocycles. The van der Waals surface area contributed by atoms with Crippen LogP contribution >= 0.6 is 0 Å². The SMILES string of the molecule is COCCOCCOCCOCCOCCC1(CCOCCOCCOCCOCCOC)C=C(C)c2cc3c(cc2N1CCCS(=O)(=O)O)OC(C(C)(C)C)=C\C3=C/C=C/C=C/C1=[N+](CCCS(=O)(=O)O)c2ccc(S(=O)(=O)O)cc2C1(C)CCCC(=O)ON1C(=O)CCC1=O. The Morgan fingerprint density at radius 2 is 1.16 bits per heavy atom. The van der Waals surface area contributed by atoms with Crippen LogP contribution in [0.3, 0.4) is 0 Å². The van der Waals surface area contributed by atoms with E-state index in [-0.39, 0.29) is 71.2 Å². The van der Waals surface area contributed by atoms with Crippen molar-refractivity contribution in [3.63, 3.8) is 0 Å². The van der Waals surface area contributed by atoms with Gasteiger partial charge < -0.3 is 61.8 Å². The Hall–Kier alpha value is -5.65. The Morgan fingerprint density at radius 3 is 1.67 bits per heavy atom. The third-order valence-corrected chi connectivity index (χ3v) is 18.9. The molecule has 1 unspecified atom stereocenters. The van der Waals surface area contributed by atoms with Crippen LogP contribution in [0.1, 0.15) is 109 Å². The number of hydrogen-bond donors (Lipinski definition) is 3. The second kappa shape index (κ2) is 38.8. The van der Waals surface area contributed by atoms with Gasteiger partial charge in [0.25, 0.3) is 42.2 Å². The summed E-state index contributed by atoms with van der Waals surface area (Å²) in [6.07, 6.45) is 13.9. The molecular weight excluding hydrogens is 1330 g/mol. The van der Waals surface area contributed by atoms with Gasteiger partial charge in [0, 0.05) is 106 Å². The molecule has 3 N–H and O–H groups in total. The number of hydrogen-bond acceptors (Lipinski definition) is 22. The summed E-state index contributed by atoms with van der Waals surface area (Å²) in [5.74, 6) is -2.03. The van der Waals surface area contributed by atoms with E-state index in [9.17, 15) is 53.3 Å². The zero-order valence-electron chi connectivity index (χ0n) is 56.8. The number of hydroxylamine groups is 2. The highest BCUT2D eigenvalue weighted by Gasteiger charge is 2.48. The molecule has 2 aromatic rings. The average molecular weight is 1430 g/mol. The second-order valence-electron chi connectivity index (χ2n) is 24.8. The van der Waals surface area contributed by atoms with E-state index in [0.29, 0.717) is 152 Å². The third-order valence-electron chi connectivity index (χ3n) is 16.4. The van der Waals surface area contributed by atoms with E-state index in [4.69, 9.17) is 56.9 Å². The molecule has 1 saturated heterocycles. The van der Waals surface area contributed by atoms with E-state index >= 15 is 0 Å². The van der Waals surface area contributed by atoms with E-state index in [1.54, 1.807) is 37.0 Å². The zero-order valence-corrected chi connectivity index (χ0v) is 59.3. The number of carbonyl (C=O) groups excluding carboxylic acids is 3. The number of anilines is 1. The largest absolute Gasteiger partial charge is 0.460 e. The Balaban J connectivity index is 1.30. The molecule has 542 valence electrons.